The lowest BCUT2D eigenvalue weighted by atomic mass is 10.1. The maximum atomic E-state index is 12.0. The molecule has 0 unspecified atom stereocenters. The molecular formula is C19H29N3O3. The zero-order valence-electron chi connectivity index (χ0n) is 15.7. The highest BCUT2D eigenvalue weighted by Crippen LogP contribution is 2.26. The highest BCUT2D eigenvalue weighted by molar-refractivity contribution is 5.73. The quantitative estimate of drug-likeness (QED) is 0.835. The van der Waals surface area contributed by atoms with Crippen molar-refractivity contribution >= 4 is 18.2 Å². The number of hydrogen-bond acceptors (Lipinski definition) is 4. The number of anilines is 1. The first-order chi connectivity index (χ1) is 11.8. The topological polar surface area (TPSA) is 61.9 Å². The molecule has 0 spiro atoms. The number of ether oxygens (including phenoxy) is 1. The van der Waals surface area contributed by atoms with Crippen molar-refractivity contribution in [2.45, 2.75) is 52.3 Å². The van der Waals surface area contributed by atoms with Crippen molar-refractivity contribution in [2.24, 2.45) is 0 Å². The number of nitrogens with zero attached hydrogens (tertiary/aromatic N) is 2. The molecule has 1 N–H and O–H groups in total. The van der Waals surface area contributed by atoms with E-state index in [9.17, 15) is 9.59 Å². The van der Waals surface area contributed by atoms with Gasteiger partial charge >= 0.3 is 6.09 Å². The lowest BCUT2D eigenvalue weighted by molar-refractivity contribution is -0.105. The Bertz CT molecular complexity index is 604. The molecule has 2 amide bonds. The summed E-state index contributed by atoms with van der Waals surface area (Å²) in [7, 11) is 2.17. The van der Waals surface area contributed by atoms with Gasteiger partial charge in [0.25, 0.3) is 0 Å². The maximum Gasteiger partial charge on any atom is 0.410 e. The van der Waals surface area contributed by atoms with E-state index in [1.54, 1.807) is 4.90 Å². The molecule has 6 nitrogen and oxygen atoms in total. The summed E-state index contributed by atoms with van der Waals surface area (Å²) in [6.07, 6.45) is 3.16. The van der Waals surface area contributed by atoms with Gasteiger partial charge in [-0.25, -0.2) is 4.79 Å². The summed E-state index contributed by atoms with van der Waals surface area (Å²) in [5.41, 5.74) is 2.37. The van der Waals surface area contributed by atoms with Crippen molar-refractivity contribution in [2.75, 3.05) is 25.5 Å². The Balaban J connectivity index is 0.000000316. The van der Waals surface area contributed by atoms with Gasteiger partial charge in [0.05, 0.1) is 0 Å². The van der Waals surface area contributed by atoms with Crippen LogP contribution in [0.15, 0.2) is 18.2 Å². The molecule has 2 aliphatic heterocycles. The second-order valence-electron chi connectivity index (χ2n) is 7.59. The van der Waals surface area contributed by atoms with Gasteiger partial charge in [-0.1, -0.05) is 6.07 Å². The number of benzene rings is 1. The molecule has 6 heteroatoms. The van der Waals surface area contributed by atoms with Gasteiger partial charge in [0.2, 0.25) is 6.41 Å². The Labute approximate surface area is 150 Å². The fourth-order valence-corrected chi connectivity index (χ4v) is 2.88. The van der Waals surface area contributed by atoms with E-state index >= 15 is 0 Å². The third kappa shape index (κ3) is 6.05. The highest BCUT2D eigenvalue weighted by atomic mass is 16.6. The molecule has 25 heavy (non-hydrogen) atoms. The summed E-state index contributed by atoms with van der Waals surface area (Å²) in [6.45, 7) is 9.24. The van der Waals surface area contributed by atoms with E-state index in [1.165, 1.54) is 25.9 Å². The number of rotatable bonds is 2. The maximum absolute atomic E-state index is 12.0. The minimum absolute atomic E-state index is 0.311. The smallest absolute Gasteiger partial charge is 0.410 e. The SMILES string of the molecule is CC(C)(C)OC(=O)N1Cc2ccc(NC=O)cc2C1.CN1CCCC1. The van der Waals surface area contributed by atoms with Crippen LogP contribution in [0.5, 0.6) is 0 Å². The Morgan fingerprint density at radius 2 is 1.80 bits per heavy atom. The van der Waals surface area contributed by atoms with Crippen molar-refractivity contribution in [1.29, 1.82) is 0 Å². The number of hydrogen-bond donors (Lipinski definition) is 1. The normalized spacial score (nSPS) is 16.7. The van der Waals surface area contributed by atoms with Crippen LogP contribution in [0.1, 0.15) is 44.7 Å². The lowest BCUT2D eigenvalue weighted by Crippen LogP contribution is -2.33. The number of likely N-dealkylation sites (tertiary alicyclic amines) is 1. The predicted molar refractivity (Wildman–Crippen MR) is 98.3 cm³/mol. The summed E-state index contributed by atoms with van der Waals surface area (Å²) < 4.78 is 5.35. The summed E-state index contributed by atoms with van der Waals surface area (Å²) in [5.74, 6) is 0. The lowest BCUT2D eigenvalue weighted by Gasteiger charge is -2.24. The zero-order chi connectivity index (χ0) is 18.4. The summed E-state index contributed by atoms with van der Waals surface area (Å²) in [4.78, 5) is 26.4. The van der Waals surface area contributed by atoms with Gasteiger partial charge in [-0.2, -0.15) is 0 Å². The van der Waals surface area contributed by atoms with Crippen LogP contribution < -0.4 is 5.32 Å². The molecule has 0 atom stereocenters. The molecule has 2 aliphatic rings. The number of amides is 2. The number of fused-ring (bicyclic) bond motifs is 1. The second kappa shape index (κ2) is 8.34. The largest absolute Gasteiger partial charge is 0.444 e. The Kier molecular flexibility index (Phi) is 6.42. The van der Waals surface area contributed by atoms with Crippen LogP contribution in [-0.4, -0.2) is 48.0 Å². The monoisotopic (exact) mass is 347 g/mol. The minimum atomic E-state index is -0.490. The van der Waals surface area contributed by atoms with Crippen LogP contribution in [0.2, 0.25) is 0 Å². The standard InChI is InChI=1S/C14H18N2O3.C5H11N/c1-14(2,3)19-13(18)16-7-10-4-5-12(15-9-17)6-11(10)8-16;1-6-4-2-3-5-6/h4-6,9H,7-8H2,1-3H3,(H,15,17);2-5H2,1H3. The fourth-order valence-electron chi connectivity index (χ4n) is 2.88. The number of nitrogens with one attached hydrogen (secondary N) is 1. The van der Waals surface area contributed by atoms with E-state index in [0.29, 0.717) is 19.5 Å². The van der Waals surface area contributed by atoms with Crippen molar-refractivity contribution in [1.82, 2.24) is 9.80 Å². The number of carbonyl (C=O) groups is 2. The first-order valence-electron chi connectivity index (χ1n) is 8.77. The summed E-state index contributed by atoms with van der Waals surface area (Å²) >= 11 is 0. The van der Waals surface area contributed by atoms with Crippen molar-refractivity contribution in [3.8, 4) is 0 Å². The molecule has 1 aromatic rings. The molecular weight excluding hydrogens is 318 g/mol. The first kappa shape index (κ1) is 19.2. The number of carbonyl (C=O) groups excluding carboxylic acids is 2. The molecule has 1 saturated heterocycles. The van der Waals surface area contributed by atoms with E-state index in [1.807, 2.05) is 39.0 Å². The molecule has 0 radical (unpaired) electrons. The molecule has 0 aliphatic carbocycles. The fraction of sp³-hybridized carbons (Fsp3) is 0.579. The Hall–Kier alpha value is -2.08. The molecule has 2 heterocycles. The molecule has 0 saturated carbocycles. The molecule has 3 rings (SSSR count). The average molecular weight is 347 g/mol. The van der Waals surface area contributed by atoms with Gasteiger partial charge in [0.1, 0.15) is 5.60 Å². The molecule has 0 bridgehead atoms. The third-order valence-electron chi connectivity index (χ3n) is 4.14. The van der Waals surface area contributed by atoms with E-state index in [4.69, 9.17) is 4.74 Å². The van der Waals surface area contributed by atoms with Gasteiger partial charge in [-0.15, -0.1) is 0 Å². The summed E-state index contributed by atoms with van der Waals surface area (Å²) in [6, 6.07) is 5.63. The van der Waals surface area contributed by atoms with Crippen molar-refractivity contribution in [3.05, 3.63) is 29.3 Å². The van der Waals surface area contributed by atoms with Crippen molar-refractivity contribution in [3.63, 3.8) is 0 Å². The molecule has 1 fully saturated rings. The first-order valence-corrected chi connectivity index (χ1v) is 8.77. The molecule has 1 aromatic carbocycles. The second-order valence-corrected chi connectivity index (χ2v) is 7.59. The van der Waals surface area contributed by atoms with Crippen LogP contribution in [0.4, 0.5) is 10.5 Å². The zero-order valence-corrected chi connectivity index (χ0v) is 15.7. The van der Waals surface area contributed by atoms with Gasteiger partial charge in [0.15, 0.2) is 0 Å². The van der Waals surface area contributed by atoms with Crippen LogP contribution in [0.3, 0.4) is 0 Å². The third-order valence-corrected chi connectivity index (χ3v) is 4.14. The van der Waals surface area contributed by atoms with Gasteiger partial charge in [-0.3, -0.25) is 9.69 Å². The minimum Gasteiger partial charge on any atom is -0.444 e. The van der Waals surface area contributed by atoms with Gasteiger partial charge in [0, 0.05) is 18.8 Å². The van der Waals surface area contributed by atoms with Crippen LogP contribution in [0, 0.1) is 0 Å². The van der Waals surface area contributed by atoms with E-state index in [-0.39, 0.29) is 6.09 Å². The summed E-state index contributed by atoms with van der Waals surface area (Å²) in [5, 5.41) is 2.60. The Morgan fingerprint density at radius 3 is 2.32 bits per heavy atom. The Morgan fingerprint density at radius 1 is 1.16 bits per heavy atom. The molecule has 138 valence electrons. The van der Waals surface area contributed by atoms with Crippen LogP contribution in [0.25, 0.3) is 0 Å². The highest BCUT2D eigenvalue weighted by Gasteiger charge is 2.27. The van der Waals surface area contributed by atoms with Crippen molar-refractivity contribution < 1.29 is 14.3 Å². The predicted octanol–water partition coefficient (Wildman–Crippen LogP) is 3.22. The van der Waals surface area contributed by atoms with Gasteiger partial charge < -0.3 is 15.0 Å². The molecule has 0 aromatic heterocycles. The van der Waals surface area contributed by atoms with E-state index in [2.05, 4.69) is 17.3 Å². The van der Waals surface area contributed by atoms with Crippen LogP contribution in [-0.2, 0) is 22.6 Å². The van der Waals surface area contributed by atoms with Gasteiger partial charge in [-0.05, 0) is 77.0 Å². The van der Waals surface area contributed by atoms with Crippen LogP contribution >= 0.6 is 0 Å². The average Bonchev–Trinajstić information content (AvgIpc) is 3.15. The van der Waals surface area contributed by atoms with E-state index < -0.39 is 5.60 Å². The van der Waals surface area contributed by atoms with E-state index in [0.717, 1.165) is 16.8 Å².